The SMILES string of the molecule is CCCN1CCN(S(=O)(=O)c2ccccc2NN)CC1. The number of nitrogens with two attached hydrogens (primary N) is 1. The third-order valence-electron chi connectivity index (χ3n) is 3.53. The Morgan fingerprint density at radius 1 is 1.20 bits per heavy atom. The smallest absolute Gasteiger partial charge is 0.245 e. The van der Waals surface area contributed by atoms with Crippen LogP contribution in [0.5, 0.6) is 0 Å². The molecule has 0 atom stereocenters. The first-order valence-corrected chi connectivity index (χ1v) is 8.31. The van der Waals surface area contributed by atoms with Gasteiger partial charge in [0.1, 0.15) is 4.90 Å². The Balaban J connectivity index is 2.16. The van der Waals surface area contributed by atoms with E-state index in [0.29, 0.717) is 18.8 Å². The van der Waals surface area contributed by atoms with Crippen LogP contribution in [0, 0.1) is 0 Å². The summed E-state index contributed by atoms with van der Waals surface area (Å²) in [6, 6.07) is 6.72. The van der Waals surface area contributed by atoms with Gasteiger partial charge in [0, 0.05) is 26.2 Å². The third kappa shape index (κ3) is 3.12. The monoisotopic (exact) mass is 298 g/mol. The minimum absolute atomic E-state index is 0.242. The highest BCUT2D eigenvalue weighted by Gasteiger charge is 2.29. The molecule has 2 rings (SSSR count). The van der Waals surface area contributed by atoms with E-state index < -0.39 is 10.0 Å². The molecule has 0 radical (unpaired) electrons. The van der Waals surface area contributed by atoms with Crippen LogP contribution in [0.1, 0.15) is 13.3 Å². The molecule has 3 N–H and O–H groups in total. The highest BCUT2D eigenvalue weighted by Crippen LogP contribution is 2.24. The topological polar surface area (TPSA) is 78.7 Å². The average Bonchev–Trinajstić information content (AvgIpc) is 2.48. The van der Waals surface area contributed by atoms with Gasteiger partial charge in [-0.25, -0.2) is 8.42 Å². The second-order valence-corrected chi connectivity index (χ2v) is 6.79. The van der Waals surface area contributed by atoms with Crippen LogP contribution in [-0.2, 0) is 10.0 Å². The van der Waals surface area contributed by atoms with Crippen molar-refractivity contribution in [1.29, 1.82) is 0 Å². The van der Waals surface area contributed by atoms with Crippen molar-refractivity contribution < 1.29 is 8.42 Å². The van der Waals surface area contributed by atoms with Crippen LogP contribution in [-0.4, -0.2) is 50.3 Å². The lowest BCUT2D eigenvalue weighted by Gasteiger charge is -2.34. The number of nitrogens with zero attached hydrogens (tertiary/aromatic N) is 2. The van der Waals surface area contributed by atoms with E-state index in [4.69, 9.17) is 5.84 Å². The fraction of sp³-hybridized carbons (Fsp3) is 0.538. The molecule has 1 aromatic carbocycles. The van der Waals surface area contributed by atoms with E-state index in [9.17, 15) is 8.42 Å². The van der Waals surface area contributed by atoms with Crippen molar-refractivity contribution in [2.24, 2.45) is 5.84 Å². The summed E-state index contributed by atoms with van der Waals surface area (Å²) in [4.78, 5) is 2.53. The lowest BCUT2D eigenvalue weighted by Crippen LogP contribution is -2.48. The van der Waals surface area contributed by atoms with Crippen molar-refractivity contribution in [3.05, 3.63) is 24.3 Å². The maximum atomic E-state index is 12.6. The van der Waals surface area contributed by atoms with Crippen LogP contribution in [0.4, 0.5) is 5.69 Å². The van der Waals surface area contributed by atoms with E-state index in [2.05, 4.69) is 17.2 Å². The highest BCUT2D eigenvalue weighted by molar-refractivity contribution is 7.89. The van der Waals surface area contributed by atoms with Gasteiger partial charge in [0.25, 0.3) is 0 Å². The largest absolute Gasteiger partial charge is 0.323 e. The number of sulfonamides is 1. The Hall–Kier alpha value is -1.15. The summed E-state index contributed by atoms with van der Waals surface area (Å²) in [7, 11) is -3.48. The normalized spacial score (nSPS) is 18.1. The first-order valence-electron chi connectivity index (χ1n) is 6.87. The number of hydrazine groups is 1. The Kier molecular flexibility index (Phi) is 4.98. The number of hydrogen-bond acceptors (Lipinski definition) is 5. The second-order valence-electron chi connectivity index (χ2n) is 4.89. The number of benzene rings is 1. The summed E-state index contributed by atoms with van der Waals surface area (Å²) >= 11 is 0. The number of rotatable bonds is 5. The summed E-state index contributed by atoms with van der Waals surface area (Å²) in [5.74, 6) is 5.40. The molecule has 7 heteroatoms. The predicted octanol–water partition coefficient (Wildman–Crippen LogP) is 0.689. The number of nitrogen functional groups attached to an aromatic ring is 1. The zero-order valence-electron chi connectivity index (χ0n) is 11.7. The van der Waals surface area contributed by atoms with Crippen molar-refractivity contribution in [3.8, 4) is 0 Å². The van der Waals surface area contributed by atoms with Gasteiger partial charge in [-0.1, -0.05) is 19.1 Å². The van der Waals surface area contributed by atoms with Gasteiger partial charge in [-0.15, -0.1) is 0 Å². The molecule has 1 aromatic rings. The van der Waals surface area contributed by atoms with Gasteiger partial charge in [-0.2, -0.15) is 4.31 Å². The van der Waals surface area contributed by atoms with Crippen LogP contribution in [0.25, 0.3) is 0 Å². The van der Waals surface area contributed by atoms with Crippen LogP contribution >= 0.6 is 0 Å². The molecule has 1 aliphatic heterocycles. The van der Waals surface area contributed by atoms with Crippen molar-refractivity contribution in [3.63, 3.8) is 0 Å². The minimum Gasteiger partial charge on any atom is -0.323 e. The fourth-order valence-electron chi connectivity index (χ4n) is 2.46. The van der Waals surface area contributed by atoms with Gasteiger partial charge in [0.15, 0.2) is 0 Å². The maximum Gasteiger partial charge on any atom is 0.245 e. The predicted molar refractivity (Wildman–Crippen MR) is 79.7 cm³/mol. The molecule has 0 aromatic heterocycles. The summed E-state index contributed by atoms with van der Waals surface area (Å²) in [6.45, 7) is 5.78. The van der Waals surface area contributed by atoms with E-state index in [1.807, 2.05) is 0 Å². The van der Waals surface area contributed by atoms with Gasteiger partial charge < -0.3 is 10.3 Å². The standard InChI is InChI=1S/C13H22N4O2S/c1-2-7-16-8-10-17(11-9-16)20(18,19)13-6-4-3-5-12(13)15-14/h3-6,15H,2,7-11,14H2,1H3. The van der Waals surface area contributed by atoms with Crippen LogP contribution < -0.4 is 11.3 Å². The van der Waals surface area contributed by atoms with Gasteiger partial charge in [-0.05, 0) is 25.1 Å². The maximum absolute atomic E-state index is 12.6. The fourth-order valence-corrected chi connectivity index (χ4v) is 4.04. The Bertz CT molecular complexity index is 539. The van der Waals surface area contributed by atoms with Gasteiger partial charge in [0.05, 0.1) is 5.69 Å². The van der Waals surface area contributed by atoms with E-state index in [-0.39, 0.29) is 4.90 Å². The third-order valence-corrected chi connectivity index (χ3v) is 5.49. The Morgan fingerprint density at radius 2 is 1.85 bits per heavy atom. The van der Waals surface area contributed by atoms with E-state index in [0.717, 1.165) is 26.1 Å². The van der Waals surface area contributed by atoms with Crippen molar-refractivity contribution in [2.45, 2.75) is 18.2 Å². The molecule has 0 bridgehead atoms. The molecule has 1 heterocycles. The first-order chi connectivity index (χ1) is 9.59. The van der Waals surface area contributed by atoms with Gasteiger partial charge in [0.2, 0.25) is 10.0 Å². The average molecular weight is 298 g/mol. The summed E-state index contributed by atoms with van der Waals surface area (Å²) in [5.41, 5.74) is 2.89. The highest BCUT2D eigenvalue weighted by atomic mass is 32.2. The van der Waals surface area contributed by atoms with Crippen molar-refractivity contribution >= 4 is 15.7 Å². The van der Waals surface area contributed by atoms with Gasteiger partial charge >= 0.3 is 0 Å². The summed E-state index contributed by atoms with van der Waals surface area (Å²) in [5, 5.41) is 0. The lowest BCUT2D eigenvalue weighted by molar-refractivity contribution is 0.188. The molecular formula is C13H22N4O2S. The van der Waals surface area contributed by atoms with Crippen LogP contribution in [0.15, 0.2) is 29.2 Å². The molecule has 1 fully saturated rings. The molecule has 20 heavy (non-hydrogen) atoms. The second kappa shape index (κ2) is 6.53. The Morgan fingerprint density at radius 3 is 2.45 bits per heavy atom. The minimum atomic E-state index is -3.48. The molecule has 1 saturated heterocycles. The molecule has 0 unspecified atom stereocenters. The molecular weight excluding hydrogens is 276 g/mol. The number of piperazine rings is 1. The zero-order valence-corrected chi connectivity index (χ0v) is 12.6. The lowest BCUT2D eigenvalue weighted by atomic mass is 10.3. The molecule has 0 spiro atoms. The summed E-state index contributed by atoms with van der Waals surface area (Å²) in [6.07, 6.45) is 1.09. The number of anilines is 1. The number of nitrogens with one attached hydrogen (secondary N) is 1. The number of para-hydroxylation sites is 1. The summed E-state index contributed by atoms with van der Waals surface area (Å²) < 4.78 is 26.8. The van der Waals surface area contributed by atoms with Crippen LogP contribution in [0.3, 0.4) is 0 Å². The molecule has 0 saturated carbocycles. The van der Waals surface area contributed by atoms with Gasteiger partial charge in [-0.3, -0.25) is 5.84 Å². The zero-order chi connectivity index (χ0) is 14.6. The van der Waals surface area contributed by atoms with Crippen molar-refractivity contribution in [2.75, 3.05) is 38.1 Å². The van der Waals surface area contributed by atoms with Crippen molar-refractivity contribution in [1.82, 2.24) is 9.21 Å². The molecule has 0 aliphatic carbocycles. The molecule has 6 nitrogen and oxygen atoms in total. The quantitative estimate of drug-likeness (QED) is 0.617. The molecule has 0 amide bonds. The van der Waals surface area contributed by atoms with E-state index >= 15 is 0 Å². The van der Waals surface area contributed by atoms with Crippen LogP contribution in [0.2, 0.25) is 0 Å². The Labute approximate surface area is 120 Å². The van der Waals surface area contributed by atoms with E-state index in [1.165, 1.54) is 4.31 Å². The molecule has 1 aliphatic rings. The molecule has 112 valence electrons. The first kappa shape index (κ1) is 15.2. The van der Waals surface area contributed by atoms with E-state index in [1.54, 1.807) is 24.3 Å². The number of hydrogen-bond donors (Lipinski definition) is 2.